The summed E-state index contributed by atoms with van der Waals surface area (Å²) in [6, 6.07) is 6.29. The van der Waals surface area contributed by atoms with Crippen molar-refractivity contribution in [2.75, 3.05) is 14.2 Å². The first-order valence-corrected chi connectivity index (χ1v) is 5.99. The lowest BCUT2D eigenvalue weighted by Crippen LogP contribution is -2.06. The molecule has 110 valence electrons. The molecule has 0 fully saturated rings. The van der Waals surface area contributed by atoms with Crippen molar-refractivity contribution in [3.8, 4) is 28.7 Å². The lowest BCUT2D eigenvalue weighted by Gasteiger charge is -2.13. The normalized spacial score (nSPS) is 10.2. The molecule has 0 aliphatic carbocycles. The molecule has 0 atom stereocenters. The van der Waals surface area contributed by atoms with Crippen molar-refractivity contribution in [3.63, 3.8) is 0 Å². The van der Waals surface area contributed by atoms with Gasteiger partial charge in [-0.3, -0.25) is 4.79 Å². The lowest BCUT2D eigenvalue weighted by atomic mass is 10.0. The maximum absolute atomic E-state index is 12.5. The summed E-state index contributed by atoms with van der Waals surface area (Å²) in [5.74, 6) is -1.02. The van der Waals surface area contributed by atoms with Crippen LogP contribution in [0, 0.1) is 0 Å². The van der Waals surface area contributed by atoms with E-state index < -0.39 is 11.5 Å². The van der Waals surface area contributed by atoms with Crippen molar-refractivity contribution in [3.05, 3.63) is 41.5 Å². The quantitative estimate of drug-likeness (QED) is 0.589. The zero-order chi connectivity index (χ0) is 15.6. The molecule has 0 aliphatic rings. The molecular weight excluding hydrogens is 276 g/mol. The van der Waals surface area contributed by atoms with E-state index in [1.54, 1.807) is 0 Å². The van der Waals surface area contributed by atoms with Gasteiger partial charge in [0.2, 0.25) is 5.78 Å². The van der Waals surface area contributed by atoms with E-state index in [2.05, 4.69) is 0 Å². The Morgan fingerprint density at radius 2 is 1.48 bits per heavy atom. The van der Waals surface area contributed by atoms with Gasteiger partial charge in [0.25, 0.3) is 0 Å². The Morgan fingerprint density at radius 3 is 1.95 bits per heavy atom. The standard InChI is InChI=1S/C15H14O6/c1-20-12-6-9(16)7-13(21-2)14(12)15(19)8-3-4-10(17)11(18)5-8/h3-7,16-18H,1-2H3. The van der Waals surface area contributed by atoms with E-state index in [4.69, 9.17) is 9.47 Å². The average molecular weight is 290 g/mol. The number of hydrogen-bond donors (Lipinski definition) is 3. The van der Waals surface area contributed by atoms with Crippen molar-refractivity contribution >= 4 is 5.78 Å². The van der Waals surface area contributed by atoms with Crippen LogP contribution in [0.25, 0.3) is 0 Å². The van der Waals surface area contributed by atoms with Gasteiger partial charge in [-0.2, -0.15) is 0 Å². The molecule has 6 heteroatoms. The number of ether oxygens (including phenoxy) is 2. The van der Waals surface area contributed by atoms with Gasteiger partial charge < -0.3 is 24.8 Å². The highest BCUT2D eigenvalue weighted by Gasteiger charge is 2.22. The fourth-order valence-electron chi connectivity index (χ4n) is 1.93. The molecule has 0 saturated heterocycles. The van der Waals surface area contributed by atoms with Crippen LogP contribution in [0.15, 0.2) is 30.3 Å². The van der Waals surface area contributed by atoms with Crippen molar-refractivity contribution in [1.82, 2.24) is 0 Å². The number of phenols is 3. The number of rotatable bonds is 4. The summed E-state index contributed by atoms with van der Waals surface area (Å²) in [5, 5.41) is 28.3. The lowest BCUT2D eigenvalue weighted by molar-refractivity contribution is 0.103. The molecule has 0 radical (unpaired) electrons. The van der Waals surface area contributed by atoms with E-state index in [9.17, 15) is 20.1 Å². The number of hydrogen-bond acceptors (Lipinski definition) is 6. The SMILES string of the molecule is COc1cc(O)cc(OC)c1C(=O)c1ccc(O)c(O)c1. The summed E-state index contributed by atoms with van der Waals surface area (Å²) in [6.45, 7) is 0. The summed E-state index contributed by atoms with van der Waals surface area (Å²) in [7, 11) is 2.72. The van der Waals surface area contributed by atoms with Crippen LogP contribution in [0.3, 0.4) is 0 Å². The molecule has 0 amide bonds. The van der Waals surface area contributed by atoms with Crippen LogP contribution in [0.5, 0.6) is 28.7 Å². The fraction of sp³-hybridized carbons (Fsp3) is 0.133. The van der Waals surface area contributed by atoms with Crippen LogP contribution in [-0.2, 0) is 0 Å². The third-order valence-corrected chi connectivity index (χ3v) is 2.96. The zero-order valence-corrected chi connectivity index (χ0v) is 11.5. The molecule has 2 aromatic carbocycles. The van der Waals surface area contributed by atoms with Gasteiger partial charge in [0.1, 0.15) is 22.8 Å². The van der Waals surface area contributed by atoms with E-state index in [-0.39, 0.29) is 34.1 Å². The van der Waals surface area contributed by atoms with E-state index in [0.717, 1.165) is 6.07 Å². The topological polar surface area (TPSA) is 96.2 Å². The third kappa shape index (κ3) is 2.69. The fourth-order valence-corrected chi connectivity index (χ4v) is 1.93. The Bertz CT molecular complexity index is 668. The van der Waals surface area contributed by atoms with Gasteiger partial charge in [0.05, 0.1) is 14.2 Å². The first kappa shape index (κ1) is 14.5. The van der Waals surface area contributed by atoms with Gasteiger partial charge in [0.15, 0.2) is 11.5 Å². The van der Waals surface area contributed by atoms with Gasteiger partial charge in [-0.15, -0.1) is 0 Å². The first-order chi connectivity index (χ1) is 9.97. The Morgan fingerprint density at radius 1 is 0.905 bits per heavy atom. The molecule has 0 spiro atoms. The highest BCUT2D eigenvalue weighted by molar-refractivity contribution is 6.13. The minimum Gasteiger partial charge on any atom is -0.508 e. The summed E-state index contributed by atoms with van der Waals surface area (Å²) in [5.41, 5.74) is 0.260. The Balaban J connectivity index is 2.59. The highest BCUT2D eigenvalue weighted by Crippen LogP contribution is 2.36. The van der Waals surface area contributed by atoms with Crippen LogP contribution < -0.4 is 9.47 Å². The molecule has 0 bridgehead atoms. The second-order valence-electron chi connectivity index (χ2n) is 4.26. The van der Waals surface area contributed by atoms with E-state index >= 15 is 0 Å². The van der Waals surface area contributed by atoms with Crippen LogP contribution in [0.4, 0.5) is 0 Å². The number of carbonyl (C=O) groups is 1. The van der Waals surface area contributed by atoms with E-state index in [0.29, 0.717) is 0 Å². The van der Waals surface area contributed by atoms with E-state index in [1.807, 2.05) is 0 Å². The van der Waals surface area contributed by atoms with Crippen LogP contribution >= 0.6 is 0 Å². The van der Waals surface area contributed by atoms with E-state index in [1.165, 1.54) is 38.5 Å². The van der Waals surface area contributed by atoms with Gasteiger partial charge in [0, 0.05) is 17.7 Å². The Hall–Kier alpha value is -2.89. The van der Waals surface area contributed by atoms with Crippen LogP contribution in [0.2, 0.25) is 0 Å². The summed E-state index contributed by atoms with van der Waals surface area (Å²) < 4.78 is 10.2. The largest absolute Gasteiger partial charge is 0.508 e. The maximum Gasteiger partial charge on any atom is 0.200 e. The second kappa shape index (κ2) is 5.62. The molecule has 0 aromatic heterocycles. The summed E-state index contributed by atoms with van der Waals surface area (Å²) >= 11 is 0. The number of aromatic hydroxyl groups is 3. The minimum absolute atomic E-state index is 0.103. The van der Waals surface area contributed by atoms with Gasteiger partial charge in [-0.05, 0) is 18.2 Å². The predicted molar refractivity (Wildman–Crippen MR) is 74.4 cm³/mol. The summed E-state index contributed by atoms with van der Waals surface area (Å²) in [4.78, 5) is 12.5. The Labute approximate surface area is 120 Å². The van der Waals surface area contributed by atoms with Crippen molar-refractivity contribution in [2.24, 2.45) is 0 Å². The molecule has 0 unspecified atom stereocenters. The smallest absolute Gasteiger partial charge is 0.200 e. The molecule has 6 nitrogen and oxygen atoms in total. The zero-order valence-electron chi connectivity index (χ0n) is 11.5. The molecule has 0 saturated carbocycles. The number of ketones is 1. The number of phenolic OH excluding ortho intramolecular Hbond substituents is 3. The first-order valence-electron chi connectivity index (χ1n) is 5.99. The van der Waals surface area contributed by atoms with Crippen molar-refractivity contribution in [2.45, 2.75) is 0 Å². The molecule has 0 aliphatic heterocycles. The monoisotopic (exact) mass is 290 g/mol. The molecule has 0 heterocycles. The Kier molecular flexibility index (Phi) is 3.89. The molecular formula is C15H14O6. The van der Waals surface area contributed by atoms with Gasteiger partial charge >= 0.3 is 0 Å². The maximum atomic E-state index is 12.5. The highest BCUT2D eigenvalue weighted by atomic mass is 16.5. The van der Waals surface area contributed by atoms with Gasteiger partial charge in [-0.1, -0.05) is 0 Å². The molecule has 2 aromatic rings. The average Bonchev–Trinajstić information content (AvgIpc) is 2.48. The molecule has 2 rings (SSSR count). The van der Waals surface area contributed by atoms with Crippen molar-refractivity contribution in [1.29, 1.82) is 0 Å². The van der Waals surface area contributed by atoms with Gasteiger partial charge in [-0.25, -0.2) is 0 Å². The number of carbonyl (C=O) groups excluding carboxylic acids is 1. The second-order valence-corrected chi connectivity index (χ2v) is 4.26. The number of benzene rings is 2. The molecule has 3 N–H and O–H groups in total. The predicted octanol–water partition coefficient (Wildman–Crippen LogP) is 2.05. The third-order valence-electron chi connectivity index (χ3n) is 2.96. The van der Waals surface area contributed by atoms with Crippen LogP contribution in [0.1, 0.15) is 15.9 Å². The number of methoxy groups -OCH3 is 2. The summed E-state index contributed by atoms with van der Waals surface area (Å²) in [6.07, 6.45) is 0. The van der Waals surface area contributed by atoms with Crippen molar-refractivity contribution < 1.29 is 29.6 Å². The minimum atomic E-state index is -0.473. The molecule has 21 heavy (non-hydrogen) atoms. The van der Waals surface area contributed by atoms with Crippen LogP contribution in [-0.4, -0.2) is 35.3 Å².